The van der Waals surface area contributed by atoms with E-state index < -0.39 is 23.0 Å². The van der Waals surface area contributed by atoms with Crippen molar-refractivity contribution in [3.8, 4) is 0 Å². The van der Waals surface area contributed by atoms with Gasteiger partial charge in [-0.25, -0.2) is 4.98 Å². The SMILES string of the molecule is CN(C)N=Nc1nc[nH]c1C(N)=O.C[C@@]1(CO)[C@H](O)CC[C@@]2(C)[C@H]1CC[C@H]1C[C@@H]3C[C@@]12CC[C@]3(O)CO. The van der Waals surface area contributed by atoms with Crippen molar-refractivity contribution >= 4 is 11.7 Å². The van der Waals surface area contributed by atoms with Crippen LogP contribution in [0.4, 0.5) is 5.82 Å². The number of aromatic nitrogens is 2. The van der Waals surface area contributed by atoms with Gasteiger partial charge in [-0.05, 0) is 80.0 Å². The molecule has 1 heterocycles. The minimum Gasteiger partial charge on any atom is -0.396 e. The average Bonchev–Trinajstić information content (AvgIpc) is 3.48. The van der Waals surface area contributed by atoms with Gasteiger partial charge in [-0.3, -0.25) is 9.80 Å². The number of fused-ring (bicyclic) bond motifs is 2. The molecule has 0 aliphatic heterocycles. The van der Waals surface area contributed by atoms with Crippen LogP contribution in [0.5, 0.6) is 0 Å². The van der Waals surface area contributed by atoms with Crippen LogP contribution in [0.3, 0.4) is 0 Å². The van der Waals surface area contributed by atoms with Crippen LogP contribution in [0.2, 0.25) is 0 Å². The zero-order valence-corrected chi connectivity index (χ0v) is 22.5. The van der Waals surface area contributed by atoms with Crippen LogP contribution in [-0.2, 0) is 0 Å². The van der Waals surface area contributed by atoms with E-state index in [-0.39, 0.29) is 41.5 Å². The Morgan fingerprint density at radius 1 is 1.16 bits per heavy atom. The van der Waals surface area contributed by atoms with E-state index >= 15 is 0 Å². The molecule has 208 valence electrons. The van der Waals surface area contributed by atoms with E-state index in [0.717, 1.165) is 44.9 Å². The average molecular weight is 521 g/mol. The molecular weight excluding hydrogens is 476 g/mol. The fourth-order valence-corrected chi connectivity index (χ4v) is 8.61. The van der Waals surface area contributed by atoms with Gasteiger partial charge >= 0.3 is 0 Å². The van der Waals surface area contributed by atoms with Gasteiger partial charge in [0.2, 0.25) is 5.82 Å². The van der Waals surface area contributed by atoms with Crippen molar-refractivity contribution in [2.24, 2.45) is 50.1 Å². The van der Waals surface area contributed by atoms with Gasteiger partial charge in [0.25, 0.3) is 5.91 Å². The second-order valence-electron chi connectivity index (χ2n) is 12.5. The Kier molecular flexibility index (Phi) is 7.48. The molecule has 5 rings (SSSR count). The molecule has 0 unspecified atom stereocenters. The van der Waals surface area contributed by atoms with Gasteiger partial charge in [0.1, 0.15) is 0 Å². The first kappa shape index (κ1) is 27.9. The maximum absolute atomic E-state index is 10.9. The molecule has 8 atom stereocenters. The van der Waals surface area contributed by atoms with Gasteiger partial charge in [-0.15, -0.1) is 5.11 Å². The highest BCUT2D eigenvalue weighted by Gasteiger charge is 2.70. The van der Waals surface area contributed by atoms with Crippen molar-refractivity contribution in [1.29, 1.82) is 0 Å². The highest BCUT2D eigenvalue weighted by atomic mass is 16.3. The van der Waals surface area contributed by atoms with Crippen molar-refractivity contribution in [3.63, 3.8) is 0 Å². The van der Waals surface area contributed by atoms with Gasteiger partial charge in [-0.2, -0.15) is 0 Å². The van der Waals surface area contributed by atoms with Crippen molar-refractivity contribution < 1.29 is 25.2 Å². The number of aromatic amines is 1. The van der Waals surface area contributed by atoms with E-state index in [2.05, 4.69) is 34.2 Å². The Balaban J connectivity index is 0.000000209. The van der Waals surface area contributed by atoms with Crippen LogP contribution < -0.4 is 5.73 Å². The van der Waals surface area contributed by atoms with E-state index in [1.165, 1.54) is 11.3 Å². The monoisotopic (exact) mass is 520 g/mol. The Hall–Kier alpha value is -2.08. The zero-order valence-electron chi connectivity index (χ0n) is 22.5. The van der Waals surface area contributed by atoms with Crippen LogP contribution >= 0.6 is 0 Å². The fraction of sp³-hybridized carbons (Fsp3) is 0.846. The topological polar surface area (TPSA) is 181 Å². The number of imidazole rings is 1. The number of amides is 1. The molecule has 1 amide bonds. The summed E-state index contributed by atoms with van der Waals surface area (Å²) in [5.41, 5.74) is 4.25. The molecule has 4 fully saturated rings. The lowest BCUT2D eigenvalue weighted by molar-refractivity contribution is -0.216. The lowest BCUT2D eigenvalue weighted by Gasteiger charge is -2.66. The number of H-pyrrole nitrogens is 1. The summed E-state index contributed by atoms with van der Waals surface area (Å²) in [7, 11) is 3.42. The predicted octanol–water partition coefficient (Wildman–Crippen LogP) is 2.15. The number of nitrogens with zero attached hydrogens (tertiary/aromatic N) is 4. The summed E-state index contributed by atoms with van der Waals surface area (Å²) >= 11 is 0. The number of nitrogens with two attached hydrogens (primary N) is 1. The Labute approximate surface area is 218 Å². The highest BCUT2D eigenvalue weighted by molar-refractivity contribution is 5.94. The van der Waals surface area contributed by atoms with Crippen LogP contribution in [0.1, 0.15) is 75.7 Å². The minimum atomic E-state index is -0.886. The van der Waals surface area contributed by atoms with Crippen LogP contribution in [0, 0.1) is 34.0 Å². The number of rotatable bonds is 5. The molecule has 0 saturated heterocycles. The largest absolute Gasteiger partial charge is 0.396 e. The lowest BCUT2D eigenvalue weighted by atomic mass is 9.39. The molecule has 0 radical (unpaired) electrons. The van der Waals surface area contributed by atoms with Crippen LogP contribution in [0.25, 0.3) is 0 Å². The van der Waals surface area contributed by atoms with Crippen molar-refractivity contribution in [2.45, 2.75) is 76.9 Å². The quantitative estimate of drug-likeness (QED) is 0.254. The maximum atomic E-state index is 10.9. The summed E-state index contributed by atoms with van der Waals surface area (Å²) in [4.78, 5) is 17.1. The summed E-state index contributed by atoms with van der Waals surface area (Å²) in [6, 6.07) is 0. The minimum absolute atomic E-state index is 0.0547. The highest BCUT2D eigenvalue weighted by Crippen LogP contribution is 2.75. The third-order valence-corrected chi connectivity index (χ3v) is 10.7. The van der Waals surface area contributed by atoms with Crippen molar-refractivity contribution in [1.82, 2.24) is 15.0 Å². The maximum Gasteiger partial charge on any atom is 0.269 e. The van der Waals surface area contributed by atoms with Gasteiger partial charge in [-0.1, -0.05) is 19.1 Å². The van der Waals surface area contributed by atoms with Gasteiger partial charge in [0.15, 0.2) is 5.69 Å². The molecule has 37 heavy (non-hydrogen) atoms. The third-order valence-electron chi connectivity index (χ3n) is 10.7. The number of carbonyl (C=O) groups is 1. The zero-order chi connectivity index (χ0) is 27.2. The fourth-order valence-electron chi connectivity index (χ4n) is 8.61. The van der Waals surface area contributed by atoms with Gasteiger partial charge in [0.05, 0.1) is 31.2 Å². The third kappa shape index (κ3) is 4.37. The van der Waals surface area contributed by atoms with E-state index in [0.29, 0.717) is 18.3 Å². The number of aliphatic hydroxyl groups is 4. The summed E-state index contributed by atoms with van der Waals surface area (Å²) in [5, 5.41) is 50.2. The molecule has 4 aliphatic rings. The van der Waals surface area contributed by atoms with E-state index in [1.807, 2.05) is 0 Å². The second-order valence-corrected chi connectivity index (χ2v) is 12.5. The van der Waals surface area contributed by atoms with Crippen molar-refractivity contribution in [2.75, 3.05) is 27.3 Å². The first-order chi connectivity index (χ1) is 17.4. The summed E-state index contributed by atoms with van der Waals surface area (Å²) in [5.74, 6) is 0.770. The summed E-state index contributed by atoms with van der Waals surface area (Å²) in [6.45, 7) is 4.43. The van der Waals surface area contributed by atoms with Crippen molar-refractivity contribution in [3.05, 3.63) is 12.0 Å². The molecule has 1 aromatic heterocycles. The summed E-state index contributed by atoms with van der Waals surface area (Å²) in [6.07, 6.45) is 8.66. The molecule has 0 aromatic carbocycles. The van der Waals surface area contributed by atoms with Crippen LogP contribution in [0.15, 0.2) is 16.7 Å². The number of aliphatic hydroxyl groups excluding tert-OH is 3. The molecule has 1 spiro atoms. The van der Waals surface area contributed by atoms with E-state index in [4.69, 9.17) is 5.73 Å². The molecule has 1 aromatic rings. The molecule has 4 saturated carbocycles. The van der Waals surface area contributed by atoms with E-state index in [1.54, 1.807) is 14.1 Å². The Morgan fingerprint density at radius 3 is 2.51 bits per heavy atom. The molecular formula is C26H44N6O5. The smallest absolute Gasteiger partial charge is 0.269 e. The standard InChI is InChI=1S/C20H34O4.C6H10N6O/c1-17(11-21)15-4-3-13-9-14-10-19(13,7-8-20(14,24)12-22)18(15,2)6-5-16(17)23;1-12(2)11-10-6-4(5(7)13)8-3-9-6/h13-16,21-24H,3-12H2,1-2H3;3H,1-2H3,(H2,7,13)(H,8,9)/t13-,14+,15-,16+,17-,18-,19-,20-;/m0./s1. The van der Waals surface area contributed by atoms with Gasteiger partial charge in [0, 0.05) is 19.5 Å². The molecule has 7 N–H and O–H groups in total. The first-order valence-corrected chi connectivity index (χ1v) is 13.4. The Bertz CT molecular complexity index is 1020. The molecule has 4 aliphatic carbocycles. The first-order valence-electron chi connectivity index (χ1n) is 13.4. The number of nitrogens with one attached hydrogen (secondary N) is 1. The molecule has 11 heteroatoms. The number of carbonyl (C=O) groups excluding carboxylic acids is 1. The number of primary amides is 1. The molecule has 11 nitrogen and oxygen atoms in total. The van der Waals surface area contributed by atoms with E-state index in [9.17, 15) is 25.2 Å². The normalized spacial score (nSPS) is 42.5. The summed E-state index contributed by atoms with van der Waals surface area (Å²) < 4.78 is 0. The number of hydrogen-bond acceptors (Lipinski definition) is 8. The lowest BCUT2D eigenvalue weighted by Crippen LogP contribution is -2.63. The van der Waals surface area contributed by atoms with Crippen LogP contribution in [-0.4, -0.2) is 80.3 Å². The Morgan fingerprint density at radius 2 is 1.89 bits per heavy atom. The predicted molar refractivity (Wildman–Crippen MR) is 136 cm³/mol. The second kappa shape index (κ2) is 9.91. The van der Waals surface area contributed by atoms with Gasteiger partial charge < -0.3 is 31.1 Å². The molecule has 2 bridgehead atoms. The number of hydrogen-bond donors (Lipinski definition) is 6.